The molecule has 1 heterocycles. The van der Waals surface area contributed by atoms with E-state index in [9.17, 15) is 0 Å². The Morgan fingerprint density at radius 1 is 0.893 bits per heavy atom. The molecular formula is C25H26N2O. The molecule has 0 aliphatic rings. The van der Waals surface area contributed by atoms with Crippen molar-refractivity contribution in [3.8, 4) is 17.1 Å². The molecule has 3 aromatic carbocycles. The van der Waals surface area contributed by atoms with Gasteiger partial charge in [0, 0.05) is 12.1 Å². The second-order valence-electron chi connectivity index (χ2n) is 7.35. The average Bonchev–Trinajstić information content (AvgIpc) is 3.07. The smallest absolute Gasteiger partial charge is 0.141 e. The number of hydrogen-bond donors (Lipinski definition) is 0. The number of nitrogens with zero attached hydrogens (tertiary/aromatic N) is 2. The first kappa shape index (κ1) is 18.3. The summed E-state index contributed by atoms with van der Waals surface area (Å²) in [5.74, 6) is 2.01. The van der Waals surface area contributed by atoms with E-state index in [1.807, 2.05) is 12.1 Å². The molecule has 4 aromatic rings. The standard InChI is InChI=1S/C25H26N2O/c1-18-9-6-11-21(17-18)25-26-22-12-4-5-13-23(22)27(25)15-8-16-28-24-14-7-10-19(2)20(24)3/h4-7,9-14,17H,8,15-16H2,1-3H3. The van der Waals surface area contributed by atoms with Gasteiger partial charge in [0.05, 0.1) is 17.6 Å². The van der Waals surface area contributed by atoms with Crippen LogP contribution < -0.4 is 4.74 Å². The summed E-state index contributed by atoms with van der Waals surface area (Å²) in [6.07, 6.45) is 0.923. The van der Waals surface area contributed by atoms with Gasteiger partial charge in [-0.1, -0.05) is 48.0 Å². The summed E-state index contributed by atoms with van der Waals surface area (Å²) >= 11 is 0. The van der Waals surface area contributed by atoms with Crippen LogP contribution >= 0.6 is 0 Å². The van der Waals surface area contributed by atoms with Crippen molar-refractivity contribution in [3.63, 3.8) is 0 Å². The minimum atomic E-state index is 0.685. The predicted molar refractivity (Wildman–Crippen MR) is 116 cm³/mol. The maximum absolute atomic E-state index is 6.06. The molecule has 0 radical (unpaired) electrons. The summed E-state index contributed by atoms with van der Waals surface area (Å²) in [5.41, 5.74) is 7.09. The lowest BCUT2D eigenvalue weighted by molar-refractivity contribution is 0.301. The minimum Gasteiger partial charge on any atom is -0.493 e. The van der Waals surface area contributed by atoms with Gasteiger partial charge in [0.1, 0.15) is 11.6 Å². The molecule has 0 unspecified atom stereocenters. The quantitative estimate of drug-likeness (QED) is 0.384. The van der Waals surface area contributed by atoms with Gasteiger partial charge in [-0.15, -0.1) is 0 Å². The molecule has 0 spiro atoms. The van der Waals surface area contributed by atoms with Crippen molar-refractivity contribution in [2.45, 2.75) is 33.7 Å². The lowest BCUT2D eigenvalue weighted by Gasteiger charge is -2.13. The fourth-order valence-corrected chi connectivity index (χ4v) is 3.59. The van der Waals surface area contributed by atoms with Crippen LogP contribution in [-0.4, -0.2) is 16.2 Å². The number of rotatable bonds is 6. The first-order valence-corrected chi connectivity index (χ1v) is 9.85. The maximum atomic E-state index is 6.06. The van der Waals surface area contributed by atoms with Crippen LogP contribution in [0, 0.1) is 20.8 Å². The van der Waals surface area contributed by atoms with Gasteiger partial charge in [0.25, 0.3) is 0 Å². The number of ether oxygens (including phenoxy) is 1. The Kier molecular flexibility index (Phi) is 5.16. The largest absolute Gasteiger partial charge is 0.493 e. The van der Waals surface area contributed by atoms with Gasteiger partial charge in [-0.3, -0.25) is 0 Å². The third-order valence-corrected chi connectivity index (χ3v) is 5.27. The van der Waals surface area contributed by atoms with E-state index in [2.05, 4.69) is 79.9 Å². The first-order valence-electron chi connectivity index (χ1n) is 9.85. The Morgan fingerprint density at radius 3 is 2.57 bits per heavy atom. The van der Waals surface area contributed by atoms with Crippen molar-refractivity contribution in [1.82, 2.24) is 9.55 Å². The van der Waals surface area contributed by atoms with E-state index in [4.69, 9.17) is 9.72 Å². The molecule has 0 saturated heterocycles. The lowest BCUT2D eigenvalue weighted by Crippen LogP contribution is -2.07. The molecule has 3 heteroatoms. The molecule has 0 amide bonds. The zero-order valence-corrected chi connectivity index (χ0v) is 16.8. The molecule has 0 aliphatic carbocycles. The van der Waals surface area contributed by atoms with E-state index in [1.165, 1.54) is 22.2 Å². The molecule has 0 aliphatic heterocycles. The van der Waals surface area contributed by atoms with Gasteiger partial charge in [0.2, 0.25) is 0 Å². The third kappa shape index (κ3) is 3.65. The number of aromatic nitrogens is 2. The van der Waals surface area contributed by atoms with Gasteiger partial charge in [0.15, 0.2) is 0 Å². The molecule has 0 saturated carbocycles. The van der Waals surface area contributed by atoms with Gasteiger partial charge in [-0.2, -0.15) is 0 Å². The van der Waals surface area contributed by atoms with E-state index in [0.717, 1.165) is 35.6 Å². The zero-order chi connectivity index (χ0) is 19.5. The SMILES string of the molecule is Cc1cccc(-c2nc3ccccc3n2CCCOc2cccc(C)c2C)c1. The van der Waals surface area contributed by atoms with E-state index < -0.39 is 0 Å². The summed E-state index contributed by atoms with van der Waals surface area (Å²) in [5, 5.41) is 0. The van der Waals surface area contributed by atoms with Crippen molar-refractivity contribution in [2.24, 2.45) is 0 Å². The van der Waals surface area contributed by atoms with Gasteiger partial charge in [-0.05, 0) is 62.6 Å². The summed E-state index contributed by atoms with van der Waals surface area (Å²) in [6.45, 7) is 7.91. The van der Waals surface area contributed by atoms with E-state index in [-0.39, 0.29) is 0 Å². The van der Waals surface area contributed by atoms with Crippen LogP contribution in [-0.2, 0) is 6.54 Å². The Hall–Kier alpha value is -3.07. The van der Waals surface area contributed by atoms with Crippen molar-refractivity contribution in [2.75, 3.05) is 6.61 Å². The number of imidazole rings is 1. The normalized spacial score (nSPS) is 11.1. The summed E-state index contributed by atoms with van der Waals surface area (Å²) in [6, 6.07) is 23.1. The maximum Gasteiger partial charge on any atom is 0.141 e. The van der Waals surface area contributed by atoms with E-state index in [0.29, 0.717) is 6.61 Å². The number of aryl methyl sites for hydroxylation is 3. The van der Waals surface area contributed by atoms with Crippen LogP contribution in [0.2, 0.25) is 0 Å². The second-order valence-corrected chi connectivity index (χ2v) is 7.35. The molecule has 0 N–H and O–H groups in total. The summed E-state index contributed by atoms with van der Waals surface area (Å²) in [4.78, 5) is 4.91. The van der Waals surface area contributed by atoms with Crippen molar-refractivity contribution in [3.05, 3.63) is 83.4 Å². The molecule has 1 aromatic heterocycles. The molecule has 4 rings (SSSR count). The average molecular weight is 370 g/mol. The fraction of sp³-hybridized carbons (Fsp3) is 0.240. The molecule has 0 fully saturated rings. The van der Waals surface area contributed by atoms with Crippen molar-refractivity contribution < 1.29 is 4.74 Å². The van der Waals surface area contributed by atoms with Crippen LogP contribution in [0.5, 0.6) is 5.75 Å². The highest BCUT2D eigenvalue weighted by molar-refractivity contribution is 5.80. The Labute approximate surface area is 166 Å². The zero-order valence-electron chi connectivity index (χ0n) is 16.8. The predicted octanol–water partition coefficient (Wildman–Crippen LogP) is 6.10. The first-order chi connectivity index (χ1) is 13.6. The van der Waals surface area contributed by atoms with Crippen LogP contribution in [0.25, 0.3) is 22.4 Å². The molecule has 0 bridgehead atoms. The van der Waals surface area contributed by atoms with Gasteiger partial charge < -0.3 is 9.30 Å². The van der Waals surface area contributed by atoms with E-state index >= 15 is 0 Å². The van der Waals surface area contributed by atoms with Crippen molar-refractivity contribution in [1.29, 1.82) is 0 Å². The topological polar surface area (TPSA) is 27.1 Å². The number of para-hydroxylation sites is 2. The van der Waals surface area contributed by atoms with E-state index in [1.54, 1.807) is 0 Å². The number of fused-ring (bicyclic) bond motifs is 1. The fourth-order valence-electron chi connectivity index (χ4n) is 3.59. The summed E-state index contributed by atoms with van der Waals surface area (Å²) in [7, 11) is 0. The van der Waals surface area contributed by atoms with Crippen molar-refractivity contribution >= 4 is 11.0 Å². The molecular weight excluding hydrogens is 344 g/mol. The van der Waals surface area contributed by atoms with Gasteiger partial charge >= 0.3 is 0 Å². The number of hydrogen-bond acceptors (Lipinski definition) is 2. The third-order valence-electron chi connectivity index (χ3n) is 5.27. The van der Waals surface area contributed by atoms with Crippen LogP contribution in [0.3, 0.4) is 0 Å². The van der Waals surface area contributed by atoms with Gasteiger partial charge in [-0.25, -0.2) is 4.98 Å². The Morgan fingerprint density at radius 2 is 1.71 bits per heavy atom. The Balaban J connectivity index is 1.56. The molecule has 142 valence electrons. The van der Waals surface area contributed by atoms with Crippen LogP contribution in [0.1, 0.15) is 23.1 Å². The second kappa shape index (κ2) is 7.89. The minimum absolute atomic E-state index is 0.685. The summed E-state index contributed by atoms with van der Waals surface area (Å²) < 4.78 is 8.37. The Bertz CT molecular complexity index is 1110. The lowest BCUT2D eigenvalue weighted by atomic mass is 10.1. The highest BCUT2D eigenvalue weighted by Gasteiger charge is 2.12. The molecule has 0 atom stereocenters. The van der Waals surface area contributed by atoms with Crippen LogP contribution in [0.15, 0.2) is 66.7 Å². The highest BCUT2D eigenvalue weighted by Crippen LogP contribution is 2.26. The molecule has 28 heavy (non-hydrogen) atoms. The monoisotopic (exact) mass is 370 g/mol. The van der Waals surface area contributed by atoms with Crippen LogP contribution in [0.4, 0.5) is 0 Å². The highest BCUT2D eigenvalue weighted by atomic mass is 16.5. The number of benzene rings is 3. The molecule has 3 nitrogen and oxygen atoms in total.